The maximum atomic E-state index is 8.36. The largest absolute Gasteiger partial charge is 0.495 e. The molecule has 8 heteroatoms. The predicted octanol–water partition coefficient (Wildman–Crippen LogP) is 4.33. The monoisotopic (exact) mass is 441 g/mol. The molecule has 4 N–H and O–H groups in total. The molecule has 1 aliphatic rings. The lowest BCUT2D eigenvalue weighted by molar-refractivity contribution is 0.399. The minimum atomic E-state index is 0.0571. The highest BCUT2D eigenvalue weighted by Gasteiger charge is 2.26. The molecule has 3 aromatic rings. The van der Waals surface area contributed by atoms with Gasteiger partial charge in [-0.3, -0.25) is 10.4 Å². The number of oxazole rings is 1. The second kappa shape index (κ2) is 7.63. The zero-order valence-corrected chi connectivity index (χ0v) is 16.9. The van der Waals surface area contributed by atoms with E-state index in [0.717, 1.165) is 46.4 Å². The van der Waals surface area contributed by atoms with Crippen molar-refractivity contribution in [2.45, 2.75) is 25.3 Å². The summed E-state index contributed by atoms with van der Waals surface area (Å²) in [5.74, 6) is 1.23. The number of nitrogens with one attached hydrogen (secondary N) is 2. The lowest BCUT2D eigenvalue weighted by Crippen LogP contribution is -2.20. The van der Waals surface area contributed by atoms with Gasteiger partial charge in [0.05, 0.1) is 29.5 Å². The molecule has 2 aromatic heterocycles. The lowest BCUT2D eigenvalue weighted by atomic mass is 9.91. The van der Waals surface area contributed by atoms with Crippen molar-refractivity contribution in [3.8, 4) is 5.75 Å². The molecule has 1 aromatic carbocycles. The van der Waals surface area contributed by atoms with E-state index >= 15 is 0 Å². The van der Waals surface area contributed by atoms with Crippen LogP contribution in [0.5, 0.6) is 5.75 Å². The molecule has 1 unspecified atom stereocenters. The van der Waals surface area contributed by atoms with Gasteiger partial charge >= 0.3 is 0 Å². The van der Waals surface area contributed by atoms with Gasteiger partial charge in [0.25, 0.3) is 0 Å². The number of anilines is 2. The van der Waals surface area contributed by atoms with Crippen molar-refractivity contribution in [3.63, 3.8) is 0 Å². The van der Waals surface area contributed by atoms with E-state index in [1.807, 2.05) is 12.1 Å². The smallest absolute Gasteiger partial charge is 0.181 e. The number of aromatic nitrogens is 2. The van der Waals surface area contributed by atoms with E-state index < -0.39 is 0 Å². The van der Waals surface area contributed by atoms with Crippen LogP contribution in [-0.2, 0) is 6.42 Å². The highest BCUT2D eigenvalue weighted by molar-refractivity contribution is 9.10. The van der Waals surface area contributed by atoms with Crippen molar-refractivity contribution >= 4 is 33.0 Å². The maximum Gasteiger partial charge on any atom is 0.181 e. The number of methoxy groups -OCH3 is 1. The summed E-state index contributed by atoms with van der Waals surface area (Å²) in [5, 5.41) is 11.9. The molecule has 0 aliphatic heterocycles. The zero-order valence-electron chi connectivity index (χ0n) is 15.3. The number of rotatable bonds is 5. The minimum Gasteiger partial charge on any atom is -0.495 e. The molecule has 0 saturated carbocycles. The van der Waals surface area contributed by atoms with Crippen molar-refractivity contribution in [2.75, 3.05) is 18.2 Å². The Morgan fingerprint density at radius 3 is 3.00 bits per heavy atom. The number of halogens is 1. The molecular weight excluding hydrogens is 422 g/mol. The third kappa shape index (κ3) is 3.35. The van der Waals surface area contributed by atoms with Crippen LogP contribution in [0, 0.1) is 5.41 Å². The molecule has 144 valence electrons. The Morgan fingerprint density at radius 1 is 1.39 bits per heavy atom. The van der Waals surface area contributed by atoms with Gasteiger partial charge in [-0.25, -0.2) is 4.98 Å². The van der Waals surface area contributed by atoms with Crippen LogP contribution in [0.2, 0.25) is 0 Å². The molecule has 0 spiro atoms. The molecule has 0 amide bonds. The number of nitrogens with zero attached hydrogens (tertiary/aromatic N) is 2. The van der Waals surface area contributed by atoms with E-state index in [2.05, 4.69) is 31.2 Å². The highest BCUT2D eigenvalue weighted by atomic mass is 79.9. The number of fused-ring (bicyclic) bond motifs is 1. The van der Waals surface area contributed by atoms with Gasteiger partial charge in [-0.15, -0.1) is 0 Å². The Bertz CT molecular complexity index is 1020. The Morgan fingerprint density at radius 2 is 2.25 bits per heavy atom. The van der Waals surface area contributed by atoms with Crippen LogP contribution in [0.4, 0.5) is 11.4 Å². The van der Waals surface area contributed by atoms with E-state index in [1.165, 1.54) is 12.6 Å². The Kier molecular flexibility index (Phi) is 5.04. The lowest BCUT2D eigenvalue weighted by Gasteiger charge is -2.28. The maximum absolute atomic E-state index is 8.36. The third-order valence-corrected chi connectivity index (χ3v) is 5.48. The fourth-order valence-corrected chi connectivity index (χ4v) is 4.09. The normalized spacial score (nSPS) is 15.7. The van der Waals surface area contributed by atoms with Crippen LogP contribution in [-0.4, -0.2) is 22.8 Å². The summed E-state index contributed by atoms with van der Waals surface area (Å²) >= 11 is 3.52. The van der Waals surface area contributed by atoms with Gasteiger partial charge in [0.15, 0.2) is 12.2 Å². The fraction of sp³-hybridized carbons (Fsp3) is 0.250. The molecule has 2 heterocycles. The average Bonchev–Trinajstić information content (AvgIpc) is 3.24. The van der Waals surface area contributed by atoms with Gasteiger partial charge < -0.3 is 20.2 Å². The van der Waals surface area contributed by atoms with Crippen LogP contribution in [0.15, 0.2) is 45.9 Å². The molecular formula is C20H20BrN5O2. The van der Waals surface area contributed by atoms with Crippen molar-refractivity contribution in [1.29, 1.82) is 5.41 Å². The Balaban J connectivity index is 1.65. The van der Waals surface area contributed by atoms with Crippen molar-refractivity contribution < 1.29 is 9.15 Å². The van der Waals surface area contributed by atoms with Crippen molar-refractivity contribution in [2.24, 2.45) is 0 Å². The Labute approximate surface area is 171 Å². The summed E-state index contributed by atoms with van der Waals surface area (Å²) in [6.07, 6.45) is 7.53. The van der Waals surface area contributed by atoms with Crippen molar-refractivity contribution in [3.05, 3.63) is 64.0 Å². The first-order chi connectivity index (χ1) is 13.6. The van der Waals surface area contributed by atoms with Crippen molar-refractivity contribution in [1.82, 2.24) is 9.97 Å². The van der Waals surface area contributed by atoms with E-state index in [9.17, 15) is 0 Å². The summed E-state index contributed by atoms with van der Waals surface area (Å²) in [6, 6.07) is 5.63. The summed E-state index contributed by atoms with van der Waals surface area (Å²) in [4.78, 5) is 8.52. The number of benzene rings is 1. The van der Waals surface area contributed by atoms with Gasteiger partial charge in [0.2, 0.25) is 0 Å². The number of nitrogens with two attached hydrogens (primary N) is 1. The Hall–Kier alpha value is -2.87. The fourth-order valence-electron chi connectivity index (χ4n) is 3.58. The van der Waals surface area contributed by atoms with Gasteiger partial charge in [-0.1, -0.05) is 0 Å². The average molecular weight is 442 g/mol. The molecule has 1 atom stereocenters. The SMILES string of the molecule is COc1c(Br)cnc2c1CCCC2Nc1ccc(N)c(C(=N)c2cnco2)c1. The molecule has 0 bridgehead atoms. The number of pyridine rings is 1. The second-order valence-electron chi connectivity index (χ2n) is 6.64. The summed E-state index contributed by atoms with van der Waals surface area (Å²) in [6.45, 7) is 0. The molecule has 7 nitrogen and oxygen atoms in total. The summed E-state index contributed by atoms with van der Waals surface area (Å²) in [7, 11) is 1.68. The van der Waals surface area contributed by atoms with Gasteiger partial charge in [0, 0.05) is 28.7 Å². The second-order valence-corrected chi connectivity index (χ2v) is 7.49. The number of nitrogen functional groups attached to an aromatic ring is 1. The minimum absolute atomic E-state index is 0.0571. The number of hydrogen-bond donors (Lipinski definition) is 3. The topological polar surface area (TPSA) is 110 Å². The zero-order chi connectivity index (χ0) is 19.7. The quantitative estimate of drug-likeness (QED) is 0.401. The van der Waals surface area contributed by atoms with E-state index in [-0.39, 0.29) is 11.8 Å². The number of ether oxygens (including phenoxy) is 1. The van der Waals surface area contributed by atoms with Gasteiger partial charge in [-0.05, 0) is 53.4 Å². The predicted molar refractivity (Wildman–Crippen MR) is 111 cm³/mol. The van der Waals surface area contributed by atoms with E-state index in [4.69, 9.17) is 20.3 Å². The van der Waals surface area contributed by atoms with Crippen LogP contribution in [0.3, 0.4) is 0 Å². The molecule has 0 saturated heterocycles. The third-order valence-electron chi connectivity index (χ3n) is 4.91. The van der Waals surface area contributed by atoms with Crippen LogP contribution in [0.1, 0.15) is 41.5 Å². The van der Waals surface area contributed by atoms with Crippen LogP contribution in [0.25, 0.3) is 0 Å². The molecule has 4 rings (SSSR count). The molecule has 1 aliphatic carbocycles. The van der Waals surface area contributed by atoms with E-state index in [0.29, 0.717) is 17.0 Å². The van der Waals surface area contributed by atoms with E-state index in [1.54, 1.807) is 19.4 Å². The standard InChI is InChI=1S/C20H20BrN5O2/c1-27-20-12-3-2-4-16(19(12)25-8-14(20)21)26-11-5-6-15(22)13(7-11)18(23)17-9-24-10-28-17/h5-10,16,23,26H,2-4,22H2,1H3. The van der Waals surface area contributed by atoms with Gasteiger partial charge in [-0.2, -0.15) is 0 Å². The highest BCUT2D eigenvalue weighted by Crippen LogP contribution is 2.39. The first-order valence-corrected chi connectivity index (χ1v) is 9.73. The molecule has 0 radical (unpaired) electrons. The van der Waals surface area contributed by atoms with Crippen LogP contribution < -0.4 is 15.8 Å². The number of hydrogen-bond acceptors (Lipinski definition) is 7. The summed E-state index contributed by atoms with van der Waals surface area (Å²) in [5.41, 5.74) is 10.4. The molecule has 28 heavy (non-hydrogen) atoms. The molecule has 0 fully saturated rings. The van der Waals surface area contributed by atoms with Gasteiger partial charge in [0.1, 0.15) is 11.5 Å². The van der Waals surface area contributed by atoms with Crippen LogP contribution >= 0.6 is 15.9 Å². The first-order valence-electron chi connectivity index (χ1n) is 8.93. The summed E-state index contributed by atoms with van der Waals surface area (Å²) < 4.78 is 11.7. The first kappa shape index (κ1) is 18.5.